The van der Waals surface area contributed by atoms with Gasteiger partial charge in [0.2, 0.25) is 0 Å². The highest BCUT2D eigenvalue weighted by Crippen LogP contribution is 2.46. The maximum absolute atomic E-state index is 2.84. The van der Waals surface area contributed by atoms with E-state index in [2.05, 4.69) is 254 Å². The maximum atomic E-state index is 2.56. The number of fused-ring (bicyclic) bond motifs is 9. The molecule has 0 N–H and O–H groups in total. The van der Waals surface area contributed by atoms with Crippen molar-refractivity contribution in [2.75, 3.05) is 4.90 Å². The van der Waals surface area contributed by atoms with Crippen LogP contribution < -0.4 is 25.6 Å². The van der Waals surface area contributed by atoms with Gasteiger partial charge in [-0.15, -0.1) is 11.3 Å². The van der Waals surface area contributed by atoms with E-state index < -0.39 is 8.07 Å². The molecule has 304 valence electrons. The molecule has 0 spiro atoms. The molecule has 0 saturated heterocycles. The van der Waals surface area contributed by atoms with Crippen molar-refractivity contribution in [3.05, 3.63) is 249 Å². The van der Waals surface area contributed by atoms with E-state index in [1.54, 1.807) is 0 Å². The number of thiophene rings is 1. The lowest BCUT2D eigenvalue weighted by Gasteiger charge is -2.33. The van der Waals surface area contributed by atoms with Gasteiger partial charge in [-0.3, -0.25) is 0 Å². The van der Waals surface area contributed by atoms with Gasteiger partial charge in [0.05, 0.1) is 10.4 Å². The maximum Gasteiger partial charge on any atom is 0.180 e. The van der Waals surface area contributed by atoms with Crippen LogP contribution in [0, 0.1) is 0 Å². The molecule has 0 fully saturated rings. The molecule has 0 atom stereocenters. The van der Waals surface area contributed by atoms with Crippen molar-refractivity contribution in [1.29, 1.82) is 0 Å². The first-order valence-corrected chi connectivity index (χ1v) is 25.2. The average molecular weight is 860 g/mol. The molecule has 0 amide bonds. The third-order valence-corrected chi connectivity index (χ3v) is 19.8. The Kier molecular flexibility index (Phi) is 8.80. The van der Waals surface area contributed by atoms with Crippen molar-refractivity contribution in [3.8, 4) is 33.4 Å². The van der Waals surface area contributed by atoms with Gasteiger partial charge in [-0.05, 0) is 112 Å². The summed E-state index contributed by atoms with van der Waals surface area (Å²) in [4.78, 5) is 2.52. The van der Waals surface area contributed by atoms with Crippen LogP contribution in [0.2, 0.25) is 0 Å². The van der Waals surface area contributed by atoms with Crippen molar-refractivity contribution in [2.45, 2.75) is 0 Å². The first-order valence-electron chi connectivity index (χ1n) is 22.4. The van der Waals surface area contributed by atoms with E-state index in [1.165, 1.54) is 102 Å². The fourth-order valence-corrected chi connectivity index (χ4v) is 17.4. The second kappa shape index (κ2) is 15.2. The van der Waals surface area contributed by atoms with Crippen molar-refractivity contribution >= 4 is 98.9 Å². The van der Waals surface area contributed by atoms with Crippen LogP contribution in [0.5, 0.6) is 0 Å². The van der Waals surface area contributed by atoms with E-state index in [4.69, 9.17) is 0 Å². The Morgan fingerprint density at radius 2 is 0.923 bits per heavy atom. The van der Waals surface area contributed by atoms with Crippen LogP contribution in [-0.2, 0) is 0 Å². The molecule has 11 aromatic carbocycles. The summed E-state index contributed by atoms with van der Waals surface area (Å²) in [5.41, 5.74) is 11.1. The Morgan fingerprint density at radius 1 is 0.354 bits per heavy atom. The Labute approximate surface area is 383 Å². The third-order valence-electron chi connectivity index (χ3n) is 13.7. The lowest BCUT2D eigenvalue weighted by atomic mass is 9.91. The number of rotatable bonds is 7. The van der Waals surface area contributed by atoms with Crippen molar-refractivity contribution in [1.82, 2.24) is 0 Å². The number of hydrogen-bond donors (Lipinski definition) is 0. The van der Waals surface area contributed by atoms with Crippen LogP contribution in [0.25, 0.3) is 75.1 Å². The van der Waals surface area contributed by atoms with Gasteiger partial charge >= 0.3 is 0 Å². The number of nitrogens with zero attached hydrogens (tertiary/aromatic N) is 1. The average Bonchev–Trinajstić information content (AvgIpc) is 3.92. The Balaban J connectivity index is 1.06. The highest BCUT2D eigenvalue weighted by molar-refractivity contribution is 7.26. The van der Waals surface area contributed by atoms with Crippen molar-refractivity contribution in [2.24, 2.45) is 0 Å². The van der Waals surface area contributed by atoms with E-state index >= 15 is 0 Å². The molecule has 0 bridgehead atoms. The highest BCUT2D eigenvalue weighted by Gasteiger charge is 2.49. The van der Waals surface area contributed by atoms with E-state index in [0.717, 1.165) is 11.4 Å². The first-order chi connectivity index (χ1) is 32.3. The predicted molar refractivity (Wildman–Crippen MR) is 283 cm³/mol. The van der Waals surface area contributed by atoms with Crippen LogP contribution in [0.3, 0.4) is 0 Å². The molecule has 2 heterocycles. The minimum Gasteiger partial charge on any atom is -0.309 e. The van der Waals surface area contributed by atoms with E-state index in [-0.39, 0.29) is 0 Å². The van der Waals surface area contributed by atoms with Crippen LogP contribution in [0.15, 0.2) is 249 Å². The summed E-state index contributed by atoms with van der Waals surface area (Å²) >= 11 is 1.88. The third kappa shape index (κ3) is 5.83. The molecule has 0 aliphatic carbocycles. The van der Waals surface area contributed by atoms with Gasteiger partial charge in [-0.25, -0.2) is 0 Å². The summed E-state index contributed by atoms with van der Waals surface area (Å²) < 4.78 is 2.58. The molecule has 1 nitrogen and oxygen atoms in total. The minimum atomic E-state index is -2.84. The lowest BCUT2D eigenvalue weighted by molar-refractivity contribution is 1.31. The Morgan fingerprint density at radius 3 is 1.65 bits per heavy atom. The molecule has 13 rings (SSSR count). The summed E-state index contributed by atoms with van der Waals surface area (Å²) in [6.45, 7) is 0. The van der Waals surface area contributed by atoms with Gasteiger partial charge in [-0.2, -0.15) is 0 Å². The number of hydrogen-bond acceptors (Lipinski definition) is 2. The van der Waals surface area contributed by atoms with Gasteiger partial charge in [0, 0.05) is 26.8 Å². The SMILES string of the molecule is c1ccc(-c2cccc3cccc(-c4ccc(N(c5ccc6c(c5)[Si](c5ccccc5)(c5ccccc5)c5ccc7ccccc7c5-6)c5cccc6c5sc5ccccc56)cc4)c23)cc1. The van der Waals surface area contributed by atoms with Crippen LogP contribution in [0.1, 0.15) is 0 Å². The molecule has 1 aromatic heterocycles. The van der Waals surface area contributed by atoms with E-state index in [0.29, 0.717) is 0 Å². The fraction of sp³-hybridized carbons (Fsp3) is 0. The molecule has 3 heteroatoms. The highest BCUT2D eigenvalue weighted by atomic mass is 32.1. The fourth-order valence-electron chi connectivity index (χ4n) is 10.9. The molecular formula is C62H41NSSi. The topological polar surface area (TPSA) is 3.24 Å². The van der Waals surface area contributed by atoms with Gasteiger partial charge < -0.3 is 4.90 Å². The van der Waals surface area contributed by atoms with Crippen molar-refractivity contribution in [3.63, 3.8) is 0 Å². The van der Waals surface area contributed by atoms with Crippen molar-refractivity contribution < 1.29 is 0 Å². The van der Waals surface area contributed by atoms with E-state index in [1.807, 2.05) is 11.3 Å². The van der Waals surface area contributed by atoms with Gasteiger partial charge in [0.15, 0.2) is 8.07 Å². The van der Waals surface area contributed by atoms with E-state index in [9.17, 15) is 0 Å². The smallest absolute Gasteiger partial charge is 0.180 e. The largest absolute Gasteiger partial charge is 0.309 e. The predicted octanol–water partition coefficient (Wildman–Crippen LogP) is 14.5. The molecule has 0 saturated carbocycles. The summed E-state index contributed by atoms with van der Waals surface area (Å²) in [5, 5.41) is 13.3. The molecular weight excluding hydrogens is 819 g/mol. The summed E-state index contributed by atoms with van der Waals surface area (Å²) in [6, 6.07) is 93.0. The Bertz CT molecular complexity index is 3720. The summed E-state index contributed by atoms with van der Waals surface area (Å²) in [6.07, 6.45) is 0. The molecule has 12 aromatic rings. The van der Waals surface area contributed by atoms with Gasteiger partial charge in [-0.1, -0.05) is 212 Å². The van der Waals surface area contributed by atoms with Crippen LogP contribution in [-0.4, -0.2) is 8.07 Å². The molecule has 1 aliphatic rings. The lowest BCUT2D eigenvalue weighted by Crippen LogP contribution is -2.72. The molecule has 0 radical (unpaired) electrons. The zero-order chi connectivity index (χ0) is 42.9. The minimum absolute atomic E-state index is 1.12. The first kappa shape index (κ1) is 37.7. The quantitative estimate of drug-likeness (QED) is 0.144. The molecule has 1 aliphatic heterocycles. The normalized spacial score (nSPS) is 12.7. The molecule has 0 unspecified atom stereocenters. The number of benzene rings is 11. The molecule has 65 heavy (non-hydrogen) atoms. The summed E-state index contributed by atoms with van der Waals surface area (Å²) in [7, 11) is -2.84. The van der Waals surface area contributed by atoms with Gasteiger partial charge in [0.25, 0.3) is 0 Å². The second-order valence-electron chi connectivity index (χ2n) is 17.1. The van der Waals surface area contributed by atoms with Crippen LogP contribution >= 0.6 is 11.3 Å². The van der Waals surface area contributed by atoms with Crippen LogP contribution in [0.4, 0.5) is 17.1 Å². The monoisotopic (exact) mass is 859 g/mol. The summed E-state index contributed by atoms with van der Waals surface area (Å²) in [5.74, 6) is 0. The zero-order valence-electron chi connectivity index (χ0n) is 35.5. The Hall–Kier alpha value is -7.82. The second-order valence-corrected chi connectivity index (χ2v) is 21.9. The number of anilines is 3. The standard InChI is InChI=1S/C62H41NSSi/c1-4-17-42(18-5-1)50-28-14-20-45-21-15-29-51(60(45)50)44-33-36-46(37-34-44)63(56-31-16-30-54-53-27-12-13-32-57(53)64-62(54)56)47-38-39-55-59(41-47)65(48-22-6-2-7-23-48,49-24-8-3-9-25-49)58-40-35-43-19-10-11-26-52(43)61(55)58/h1-41H. The van der Waals surface area contributed by atoms with Gasteiger partial charge in [0.1, 0.15) is 0 Å². The zero-order valence-corrected chi connectivity index (χ0v) is 37.3.